The van der Waals surface area contributed by atoms with Gasteiger partial charge in [0.2, 0.25) is 0 Å². The minimum Gasteiger partial charge on any atom is -0.390 e. The number of carbonyl (C=O) groups is 1. The minimum atomic E-state index is -0.498. The Hall–Kier alpha value is -0.910. The van der Waals surface area contributed by atoms with Crippen LogP contribution < -0.4 is 5.32 Å². The molecule has 0 spiro atoms. The summed E-state index contributed by atoms with van der Waals surface area (Å²) < 4.78 is 0.783. The fourth-order valence-corrected chi connectivity index (χ4v) is 2.61. The van der Waals surface area contributed by atoms with Crippen LogP contribution in [0.3, 0.4) is 0 Å². The van der Waals surface area contributed by atoms with Crippen LogP contribution in [0.2, 0.25) is 0 Å². The highest BCUT2D eigenvalue weighted by atomic mass is 79.9. The number of amides is 1. The molecule has 0 bridgehead atoms. The average Bonchev–Trinajstić information content (AvgIpc) is 2.77. The van der Waals surface area contributed by atoms with Crippen molar-refractivity contribution >= 4 is 21.8 Å². The lowest BCUT2D eigenvalue weighted by Gasteiger charge is -2.27. The smallest absolute Gasteiger partial charge is 0.255 e. The number of nitrogens with zero attached hydrogens (tertiary/aromatic N) is 1. The number of aryl methyl sites for hydroxylation is 1. The van der Waals surface area contributed by atoms with Gasteiger partial charge in [-0.3, -0.25) is 4.79 Å². The molecule has 0 aromatic heterocycles. The Morgan fingerprint density at radius 1 is 1.50 bits per heavy atom. The van der Waals surface area contributed by atoms with Crippen LogP contribution in [0, 0.1) is 6.92 Å². The summed E-state index contributed by atoms with van der Waals surface area (Å²) >= 11 is 3.40. The summed E-state index contributed by atoms with van der Waals surface area (Å²) in [4.78, 5) is 14.0. The summed E-state index contributed by atoms with van der Waals surface area (Å²) in [6, 6.07) is 5.52. The first-order valence-corrected chi connectivity index (χ1v) is 6.72. The highest BCUT2D eigenvalue weighted by molar-refractivity contribution is 9.10. The molecule has 1 aromatic carbocycles. The molecule has 0 unspecified atom stereocenters. The third-order valence-electron chi connectivity index (χ3n) is 3.32. The van der Waals surface area contributed by atoms with E-state index in [1.165, 1.54) is 0 Å². The Labute approximate surface area is 115 Å². The number of carbonyl (C=O) groups excluding carboxylic acids is 1. The van der Waals surface area contributed by atoms with Gasteiger partial charge in [0, 0.05) is 24.6 Å². The molecule has 1 saturated heterocycles. The first-order chi connectivity index (χ1) is 8.50. The summed E-state index contributed by atoms with van der Waals surface area (Å²) in [5.74, 6) is -0.0710. The lowest BCUT2D eigenvalue weighted by atomic mass is 10.1. The molecule has 0 radical (unpaired) electrons. The molecule has 2 rings (SSSR count). The van der Waals surface area contributed by atoms with E-state index >= 15 is 0 Å². The van der Waals surface area contributed by atoms with Crippen LogP contribution in [0.1, 0.15) is 15.9 Å². The van der Waals surface area contributed by atoms with Crippen molar-refractivity contribution in [2.75, 3.05) is 20.1 Å². The Kier molecular flexibility index (Phi) is 4.04. The molecular weight excluding hydrogens is 296 g/mol. The molecular formula is C13H17BrN2O2. The summed E-state index contributed by atoms with van der Waals surface area (Å²) in [7, 11) is 1.73. The van der Waals surface area contributed by atoms with E-state index in [9.17, 15) is 9.90 Å². The number of benzene rings is 1. The Morgan fingerprint density at radius 3 is 2.83 bits per heavy atom. The van der Waals surface area contributed by atoms with Crippen molar-refractivity contribution in [1.82, 2.24) is 10.2 Å². The van der Waals surface area contributed by atoms with Crippen LogP contribution in [0.5, 0.6) is 0 Å². The van der Waals surface area contributed by atoms with E-state index in [4.69, 9.17) is 0 Å². The number of nitrogens with one attached hydrogen (secondary N) is 1. The zero-order valence-corrected chi connectivity index (χ0v) is 12.1. The lowest BCUT2D eigenvalue weighted by molar-refractivity contribution is 0.0580. The molecule has 1 heterocycles. The van der Waals surface area contributed by atoms with Gasteiger partial charge in [-0.1, -0.05) is 11.6 Å². The van der Waals surface area contributed by atoms with E-state index in [1.54, 1.807) is 11.9 Å². The number of rotatable bonds is 2. The van der Waals surface area contributed by atoms with Gasteiger partial charge >= 0.3 is 0 Å². The Bertz CT molecular complexity index is 464. The van der Waals surface area contributed by atoms with E-state index < -0.39 is 6.10 Å². The maximum atomic E-state index is 12.4. The molecule has 18 heavy (non-hydrogen) atoms. The number of likely N-dealkylation sites (N-methyl/N-ethyl adjacent to an activating group) is 1. The van der Waals surface area contributed by atoms with Crippen molar-refractivity contribution in [2.24, 2.45) is 0 Å². The normalized spacial score (nSPS) is 23.1. The molecule has 5 heteroatoms. The number of aliphatic hydroxyl groups is 1. The predicted octanol–water partition coefficient (Wildman–Crippen LogP) is 1.16. The lowest BCUT2D eigenvalue weighted by Crippen LogP contribution is -2.44. The van der Waals surface area contributed by atoms with Crippen molar-refractivity contribution in [2.45, 2.75) is 19.1 Å². The van der Waals surface area contributed by atoms with E-state index in [1.807, 2.05) is 25.1 Å². The van der Waals surface area contributed by atoms with Crippen LogP contribution in [0.15, 0.2) is 22.7 Å². The maximum Gasteiger partial charge on any atom is 0.255 e. The molecule has 2 atom stereocenters. The first-order valence-electron chi connectivity index (χ1n) is 5.93. The van der Waals surface area contributed by atoms with Crippen LogP contribution in [0.25, 0.3) is 0 Å². The summed E-state index contributed by atoms with van der Waals surface area (Å²) in [5.41, 5.74) is 1.68. The van der Waals surface area contributed by atoms with Gasteiger partial charge in [0.15, 0.2) is 0 Å². The van der Waals surface area contributed by atoms with Gasteiger partial charge in [-0.05, 0) is 35.0 Å². The van der Waals surface area contributed by atoms with Crippen LogP contribution in [-0.4, -0.2) is 48.2 Å². The first kappa shape index (κ1) is 13.5. The van der Waals surface area contributed by atoms with Crippen LogP contribution in [-0.2, 0) is 0 Å². The zero-order chi connectivity index (χ0) is 13.3. The van der Waals surface area contributed by atoms with Gasteiger partial charge < -0.3 is 15.3 Å². The van der Waals surface area contributed by atoms with Gasteiger partial charge in [-0.15, -0.1) is 0 Å². The summed E-state index contributed by atoms with van der Waals surface area (Å²) in [6.07, 6.45) is -0.498. The Balaban J connectivity index is 2.22. The molecule has 1 fully saturated rings. The second-order valence-corrected chi connectivity index (χ2v) is 5.55. The molecule has 2 N–H and O–H groups in total. The monoisotopic (exact) mass is 312 g/mol. The molecule has 4 nitrogen and oxygen atoms in total. The standard InChI is InChI=1S/C13H17BrN2O2/c1-8-3-4-10(14)9(5-8)13(18)16(2)11-6-15-7-12(11)17/h3-5,11-12,15,17H,6-7H2,1-2H3/t11-,12-/m0/s1. The average molecular weight is 313 g/mol. The maximum absolute atomic E-state index is 12.4. The molecule has 1 aromatic rings. The molecule has 1 aliphatic rings. The van der Waals surface area contributed by atoms with Crippen molar-refractivity contribution in [3.63, 3.8) is 0 Å². The third-order valence-corrected chi connectivity index (χ3v) is 4.01. The highest BCUT2D eigenvalue weighted by Gasteiger charge is 2.32. The third kappa shape index (κ3) is 2.58. The number of hydrogen-bond donors (Lipinski definition) is 2. The summed E-state index contributed by atoms with van der Waals surface area (Å²) in [6.45, 7) is 3.12. The van der Waals surface area contributed by atoms with Crippen LogP contribution in [0.4, 0.5) is 0 Å². The molecule has 0 saturated carbocycles. The predicted molar refractivity (Wildman–Crippen MR) is 73.6 cm³/mol. The van der Waals surface area contributed by atoms with Gasteiger partial charge in [-0.2, -0.15) is 0 Å². The number of hydrogen-bond acceptors (Lipinski definition) is 3. The van der Waals surface area contributed by atoms with E-state index in [0.717, 1.165) is 10.0 Å². The zero-order valence-electron chi connectivity index (χ0n) is 10.5. The van der Waals surface area contributed by atoms with E-state index in [2.05, 4.69) is 21.2 Å². The second-order valence-electron chi connectivity index (χ2n) is 4.69. The fourth-order valence-electron chi connectivity index (χ4n) is 2.19. The quantitative estimate of drug-likeness (QED) is 0.861. The van der Waals surface area contributed by atoms with Crippen molar-refractivity contribution in [3.8, 4) is 0 Å². The largest absolute Gasteiger partial charge is 0.390 e. The van der Waals surface area contributed by atoms with E-state index in [0.29, 0.717) is 18.7 Å². The molecule has 0 aliphatic carbocycles. The second kappa shape index (κ2) is 5.38. The number of halogens is 1. The SMILES string of the molecule is Cc1ccc(Br)c(C(=O)N(C)[C@H]2CNC[C@@H]2O)c1. The van der Waals surface area contributed by atoms with E-state index in [-0.39, 0.29) is 11.9 Å². The van der Waals surface area contributed by atoms with Gasteiger partial charge in [0.05, 0.1) is 17.7 Å². The number of aliphatic hydroxyl groups excluding tert-OH is 1. The Morgan fingerprint density at radius 2 is 2.22 bits per heavy atom. The van der Waals surface area contributed by atoms with Gasteiger partial charge in [0.1, 0.15) is 0 Å². The topological polar surface area (TPSA) is 52.6 Å². The number of β-amino-alcohol motifs (C(OH)–C–C–N with tert-alkyl or cyclic N) is 1. The van der Waals surface area contributed by atoms with Crippen molar-refractivity contribution < 1.29 is 9.90 Å². The summed E-state index contributed by atoms with van der Waals surface area (Å²) in [5, 5.41) is 12.9. The minimum absolute atomic E-state index is 0.0710. The van der Waals surface area contributed by atoms with Gasteiger partial charge in [0.25, 0.3) is 5.91 Å². The highest BCUT2D eigenvalue weighted by Crippen LogP contribution is 2.21. The van der Waals surface area contributed by atoms with Gasteiger partial charge in [-0.25, -0.2) is 0 Å². The van der Waals surface area contributed by atoms with Crippen molar-refractivity contribution in [1.29, 1.82) is 0 Å². The molecule has 1 aliphatic heterocycles. The van der Waals surface area contributed by atoms with Crippen molar-refractivity contribution in [3.05, 3.63) is 33.8 Å². The van der Waals surface area contributed by atoms with Crippen LogP contribution >= 0.6 is 15.9 Å². The molecule has 98 valence electrons. The molecule has 1 amide bonds. The fraction of sp³-hybridized carbons (Fsp3) is 0.462.